The van der Waals surface area contributed by atoms with E-state index in [0.29, 0.717) is 22.8 Å². The SMILES string of the molecule is CC1CS(=O)(=O)CCN1c1c(Cl)cccc1C=O. The van der Waals surface area contributed by atoms with Gasteiger partial charge in [-0.1, -0.05) is 17.7 Å². The maximum atomic E-state index is 11.5. The van der Waals surface area contributed by atoms with Crippen LogP contribution in [0.3, 0.4) is 0 Å². The number of nitrogens with zero attached hydrogens (tertiary/aromatic N) is 1. The molecule has 4 nitrogen and oxygen atoms in total. The Kier molecular flexibility index (Phi) is 3.64. The number of hydrogen-bond acceptors (Lipinski definition) is 4. The summed E-state index contributed by atoms with van der Waals surface area (Å²) in [5, 5.41) is 0.478. The average molecular weight is 288 g/mol. The number of benzene rings is 1. The van der Waals surface area contributed by atoms with Crippen LogP contribution in [0.2, 0.25) is 5.02 Å². The summed E-state index contributed by atoms with van der Waals surface area (Å²) in [6.45, 7) is 2.20. The fourth-order valence-corrected chi connectivity index (χ4v) is 4.11. The maximum Gasteiger partial charge on any atom is 0.154 e. The van der Waals surface area contributed by atoms with Gasteiger partial charge in [-0.05, 0) is 19.1 Å². The highest BCUT2D eigenvalue weighted by molar-refractivity contribution is 7.91. The molecule has 0 aromatic heterocycles. The molecule has 18 heavy (non-hydrogen) atoms. The third-order valence-electron chi connectivity index (χ3n) is 3.10. The summed E-state index contributed by atoms with van der Waals surface area (Å²) in [6.07, 6.45) is 0.747. The molecule has 6 heteroatoms. The second kappa shape index (κ2) is 4.90. The Balaban J connectivity index is 2.41. The van der Waals surface area contributed by atoms with Gasteiger partial charge in [0.15, 0.2) is 16.1 Å². The highest BCUT2D eigenvalue weighted by Gasteiger charge is 2.30. The number of para-hydroxylation sites is 1. The third kappa shape index (κ3) is 2.52. The maximum absolute atomic E-state index is 11.5. The van der Waals surface area contributed by atoms with Gasteiger partial charge >= 0.3 is 0 Å². The van der Waals surface area contributed by atoms with Crippen LogP contribution in [0, 0.1) is 0 Å². The van der Waals surface area contributed by atoms with Crippen molar-refractivity contribution in [2.45, 2.75) is 13.0 Å². The second-order valence-electron chi connectivity index (χ2n) is 4.45. The van der Waals surface area contributed by atoms with Gasteiger partial charge in [0.1, 0.15) is 0 Å². The fourth-order valence-electron chi connectivity index (χ4n) is 2.26. The molecule has 0 saturated carbocycles. The van der Waals surface area contributed by atoms with E-state index in [1.807, 2.05) is 11.8 Å². The number of hydrogen-bond donors (Lipinski definition) is 0. The fraction of sp³-hybridized carbons (Fsp3) is 0.417. The first kappa shape index (κ1) is 13.4. The van der Waals surface area contributed by atoms with Gasteiger partial charge in [-0.3, -0.25) is 4.79 Å². The summed E-state index contributed by atoms with van der Waals surface area (Å²) in [4.78, 5) is 12.9. The van der Waals surface area contributed by atoms with Crippen LogP contribution in [0.25, 0.3) is 0 Å². The Morgan fingerprint density at radius 1 is 1.44 bits per heavy atom. The van der Waals surface area contributed by atoms with E-state index in [9.17, 15) is 13.2 Å². The summed E-state index contributed by atoms with van der Waals surface area (Å²) in [7, 11) is -2.98. The number of anilines is 1. The van der Waals surface area contributed by atoms with Gasteiger partial charge in [-0.15, -0.1) is 0 Å². The van der Waals surface area contributed by atoms with E-state index in [0.717, 1.165) is 6.29 Å². The zero-order valence-electron chi connectivity index (χ0n) is 9.97. The number of sulfone groups is 1. The van der Waals surface area contributed by atoms with Gasteiger partial charge in [0.25, 0.3) is 0 Å². The number of rotatable bonds is 2. The lowest BCUT2D eigenvalue weighted by Gasteiger charge is -2.36. The Hall–Kier alpha value is -1.07. The molecule has 98 valence electrons. The van der Waals surface area contributed by atoms with Gasteiger partial charge < -0.3 is 4.90 Å². The van der Waals surface area contributed by atoms with Crippen molar-refractivity contribution in [1.29, 1.82) is 0 Å². The monoisotopic (exact) mass is 287 g/mol. The summed E-state index contributed by atoms with van der Waals surface area (Å²) < 4.78 is 23.1. The third-order valence-corrected chi connectivity index (χ3v) is 5.20. The summed E-state index contributed by atoms with van der Waals surface area (Å²) in [6, 6.07) is 4.92. The van der Waals surface area contributed by atoms with Crippen LogP contribution in [0.1, 0.15) is 17.3 Å². The number of carbonyl (C=O) groups is 1. The predicted molar refractivity (Wildman–Crippen MR) is 72.3 cm³/mol. The van der Waals surface area contributed by atoms with Gasteiger partial charge in [-0.25, -0.2) is 8.42 Å². The van der Waals surface area contributed by atoms with E-state index >= 15 is 0 Å². The molecule has 0 N–H and O–H groups in total. The molecule has 0 amide bonds. The van der Waals surface area contributed by atoms with Crippen molar-refractivity contribution in [3.8, 4) is 0 Å². The van der Waals surface area contributed by atoms with Gasteiger partial charge in [-0.2, -0.15) is 0 Å². The largest absolute Gasteiger partial charge is 0.365 e. The normalized spacial score (nSPS) is 22.8. The highest BCUT2D eigenvalue weighted by atomic mass is 35.5. The summed E-state index contributed by atoms with van der Waals surface area (Å²) in [5.74, 6) is 0.192. The quantitative estimate of drug-likeness (QED) is 0.778. The van der Waals surface area contributed by atoms with Crippen LogP contribution in [-0.4, -0.2) is 38.8 Å². The molecule has 1 fully saturated rings. The van der Waals surface area contributed by atoms with Crippen molar-refractivity contribution in [1.82, 2.24) is 0 Å². The van der Waals surface area contributed by atoms with E-state index in [1.165, 1.54) is 0 Å². The molecular weight excluding hydrogens is 274 g/mol. The van der Waals surface area contributed by atoms with Crippen LogP contribution >= 0.6 is 11.6 Å². The van der Waals surface area contributed by atoms with E-state index in [2.05, 4.69) is 0 Å². The molecule has 0 spiro atoms. The molecule has 2 rings (SSSR count). The van der Waals surface area contributed by atoms with E-state index < -0.39 is 9.84 Å². The molecule has 1 atom stereocenters. The van der Waals surface area contributed by atoms with Crippen LogP contribution in [0.4, 0.5) is 5.69 Å². The minimum atomic E-state index is -2.98. The first-order valence-electron chi connectivity index (χ1n) is 5.65. The zero-order chi connectivity index (χ0) is 13.3. The lowest BCUT2D eigenvalue weighted by atomic mass is 10.1. The first-order chi connectivity index (χ1) is 8.44. The Bertz CT molecular complexity index is 571. The molecule has 1 aliphatic heterocycles. The van der Waals surface area contributed by atoms with Crippen molar-refractivity contribution in [2.24, 2.45) is 0 Å². The van der Waals surface area contributed by atoms with Crippen LogP contribution < -0.4 is 4.90 Å². The molecule has 0 bridgehead atoms. The lowest BCUT2D eigenvalue weighted by Crippen LogP contribution is -2.47. The van der Waals surface area contributed by atoms with Crippen molar-refractivity contribution in [3.05, 3.63) is 28.8 Å². The van der Waals surface area contributed by atoms with Crippen LogP contribution in [-0.2, 0) is 9.84 Å². The summed E-state index contributed by atoms with van der Waals surface area (Å²) in [5.41, 5.74) is 1.13. The molecule has 1 aromatic carbocycles. The standard InChI is InChI=1S/C12H14ClNO3S/c1-9-8-18(16,17)6-5-14(9)12-10(7-15)3-2-4-11(12)13/h2-4,7,9H,5-6,8H2,1H3. The minimum absolute atomic E-state index is 0.0938. The molecule has 1 unspecified atom stereocenters. The Labute approximate surface area is 111 Å². The molecule has 1 aromatic rings. The molecule has 0 aliphatic carbocycles. The molecule has 1 heterocycles. The minimum Gasteiger partial charge on any atom is -0.365 e. The van der Waals surface area contributed by atoms with Crippen molar-refractivity contribution in [2.75, 3.05) is 23.0 Å². The van der Waals surface area contributed by atoms with Gasteiger partial charge in [0.2, 0.25) is 0 Å². The van der Waals surface area contributed by atoms with Gasteiger partial charge in [0, 0.05) is 18.2 Å². The Morgan fingerprint density at radius 2 is 2.17 bits per heavy atom. The van der Waals surface area contributed by atoms with E-state index in [4.69, 9.17) is 11.6 Å². The van der Waals surface area contributed by atoms with Crippen molar-refractivity contribution >= 4 is 33.4 Å². The van der Waals surface area contributed by atoms with Crippen LogP contribution in [0.5, 0.6) is 0 Å². The number of carbonyl (C=O) groups excluding carboxylic acids is 1. The number of halogens is 1. The smallest absolute Gasteiger partial charge is 0.154 e. The second-order valence-corrected chi connectivity index (χ2v) is 7.09. The Morgan fingerprint density at radius 3 is 2.78 bits per heavy atom. The molecule has 1 aliphatic rings. The van der Waals surface area contributed by atoms with Crippen LogP contribution in [0.15, 0.2) is 18.2 Å². The van der Waals surface area contributed by atoms with Crippen molar-refractivity contribution < 1.29 is 13.2 Å². The highest BCUT2D eigenvalue weighted by Crippen LogP contribution is 2.32. The van der Waals surface area contributed by atoms with E-state index in [-0.39, 0.29) is 17.5 Å². The lowest BCUT2D eigenvalue weighted by molar-refractivity contribution is 0.112. The zero-order valence-corrected chi connectivity index (χ0v) is 11.5. The molecule has 1 saturated heterocycles. The predicted octanol–water partition coefficient (Wildman–Crippen LogP) is 1.78. The molecule has 0 radical (unpaired) electrons. The topological polar surface area (TPSA) is 54.5 Å². The summed E-state index contributed by atoms with van der Waals surface area (Å²) >= 11 is 6.13. The van der Waals surface area contributed by atoms with Crippen molar-refractivity contribution in [3.63, 3.8) is 0 Å². The first-order valence-corrected chi connectivity index (χ1v) is 7.85. The molecular formula is C12H14ClNO3S. The average Bonchev–Trinajstić information content (AvgIpc) is 2.29. The van der Waals surface area contributed by atoms with Gasteiger partial charge in [0.05, 0.1) is 22.2 Å². The van der Waals surface area contributed by atoms with E-state index in [1.54, 1.807) is 18.2 Å². The number of aldehydes is 1.